The zero-order chi connectivity index (χ0) is 42.2. The van der Waals surface area contributed by atoms with E-state index in [0.29, 0.717) is 18.6 Å². The summed E-state index contributed by atoms with van der Waals surface area (Å²) in [5.74, 6) is -0.443. The number of nitrogens with zero attached hydrogens (tertiary/aromatic N) is 2. The normalized spacial score (nSPS) is 14.4. The molecule has 1 saturated heterocycles. The number of halogens is 6. The van der Waals surface area contributed by atoms with E-state index < -0.39 is 53.3 Å². The van der Waals surface area contributed by atoms with Crippen molar-refractivity contribution >= 4 is 17.7 Å². The van der Waals surface area contributed by atoms with E-state index >= 15 is 0 Å². The molecule has 2 heterocycles. The first-order valence-corrected chi connectivity index (χ1v) is 17.9. The second-order valence-electron chi connectivity index (χ2n) is 14.1. The van der Waals surface area contributed by atoms with Crippen LogP contribution in [0, 0.1) is 0 Å². The second-order valence-corrected chi connectivity index (χ2v) is 14.1. The number of benzene rings is 3. The fraction of sp³-hybridized carbons (Fsp3) is 0.366. The van der Waals surface area contributed by atoms with Crippen LogP contribution in [0.2, 0.25) is 0 Å². The molecule has 10 nitrogen and oxygen atoms in total. The Balaban J connectivity index is 0.000000626. The summed E-state index contributed by atoms with van der Waals surface area (Å²) in [6.45, 7) is 8.38. The number of carbonyl (C=O) groups is 3. The van der Waals surface area contributed by atoms with Crippen LogP contribution in [0.3, 0.4) is 0 Å². The molecule has 3 aromatic carbocycles. The summed E-state index contributed by atoms with van der Waals surface area (Å²) in [6, 6.07) is 17.8. The van der Waals surface area contributed by atoms with Gasteiger partial charge in [-0.2, -0.15) is 26.3 Å². The fourth-order valence-electron chi connectivity index (χ4n) is 5.70. The Morgan fingerprint density at radius 1 is 0.912 bits per heavy atom. The van der Waals surface area contributed by atoms with Gasteiger partial charge in [-0.05, 0) is 81.6 Å². The Kier molecular flexibility index (Phi) is 14.0. The number of Topliss-reactive ketones (excluding diaryl/α,β-unsaturated/α-hetero) is 1. The molecule has 0 saturated carbocycles. The van der Waals surface area contributed by atoms with Gasteiger partial charge in [-0.15, -0.1) is 0 Å². The molecule has 1 fully saturated rings. The predicted molar refractivity (Wildman–Crippen MR) is 197 cm³/mol. The minimum atomic E-state index is -6.06. The van der Waals surface area contributed by atoms with Crippen LogP contribution in [0.25, 0.3) is 0 Å². The van der Waals surface area contributed by atoms with Gasteiger partial charge < -0.3 is 24.6 Å². The monoisotopic (exact) mass is 803 g/mol. The first-order valence-electron chi connectivity index (χ1n) is 17.9. The van der Waals surface area contributed by atoms with Gasteiger partial charge in [-0.3, -0.25) is 19.5 Å². The zero-order valence-electron chi connectivity index (χ0n) is 31.8. The third kappa shape index (κ3) is 11.2. The number of ketones is 1. The highest BCUT2D eigenvalue weighted by Gasteiger charge is 2.71. The molecule has 57 heavy (non-hydrogen) atoms. The Morgan fingerprint density at radius 3 is 2.18 bits per heavy atom. The summed E-state index contributed by atoms with van der Waals surface area (Å²) in [4.78, 5) is 43.3. The number of nitrogens with one attached hydrogen (secondary N) is 1. The lowest BCUT2D eigenvalue weighted by molar-refractivity contribution is -0.376. The fourth-order valence-corrected chi connectivity index (χ4v) is 5.70. The molecule has 5 rings (SSSR count). The molecule has 2 N–H and O–H groups in total. The molecular weight excluding hydrogens is 760 g/mol. The number of urea groups is 1. The largest absolute Gasteiger partial charge is 0.489 e. The summed E-state index contributed by atoms with van der Waals surface area (Å²) >= 11 is 0. The molecule has 306 valence electrons. The zero-order valence-corrected chi connectivity index (χ0v) is 31.8. The molecule has 0 radical (unpaired) electrons. The standard InChI is InChI=1S/C33H32F6N2O6.C8H11NO/c1-4-8-21-15-22(31(45,32(34,35)36)33(37,38)39)11-14-26(21)47-23-12-13-24(27(16-23)46-19-20-9-6-5-7-10-20)25(42)18-41-28(43)17-30(2,3)40-29(41)44;1-7(2)10-8-4-3-5-9-6-8/h5-7,9-16,45H,4,8,17-19H2,1-3H3,(H,40,44);3-7H,1-2H3. The van der Waals surface area contributed by atoms with Crippen LogP contribution < -0.4 is 19.5 Å². The average molecular weight is 804 g/mol. The number of rotatable bonds is 13. The van der Waals surface area contributed by atoms with Crippen LogP contribution in [0.15, 0.2) is 91.3 Å². The van der Waals surface area contributed by atoms with Crippen LogP contribution in [0.4, 0.5) is 31.1 Å². The third-order valence-electron chi connectivity index (χ3n) is 8.43. The summed E-state index contributed by atoms with van der Waals surface area (Å²) in [6.07, 6.45) is -8.16. The summed E-state index contributed by atoms with van der Waals surface area (Å²) in [5.41, 5.74) is -6.63. The highest BCUT2D eigenvalue weighted by atomic mass is 19.4. The summed E-state index contributed by atoms with van der Waals surface area (Å²) in [7, 11) is 0. The quantitative estimate of drug-likeness (QED) is 0.101. The van der Waals surface area contributed by atoms with Crippen LogP contribution in [-0.4, -0.2) is 63.3 Å². The lowest BCUT2D eigenvalue weighted by Gasteiger charge is -2.36. The lowest BCUT2D eigenvalue weighted by atomic mass is 9.90. The SMILES string of the molecule is CC(C)Oc1cccnc1.CCCc1cc(C(O)(C(F)(F)F)C(F)(F)F)ccc1Oc1ccc(C(=O)CN2C(=O)CC(C)(C)NC2=O)c(OCc2ccccc2)c1. The van der Waals surface area contributed by atoms with Crippen LogP contribution in [-0.2, 0) is 23.4 Å². The van der Waals surface area contributed by atoms with Crippen molar-refractivity contribution in [2.24, 2.45) is 0 Å². The van der Waals surface area contributed by atoms with Gasteiger partial charge >= 0.3 is 18.4 Å². The summed E-state index contributed by atoms with van der Waals surface area (Å²) in [5, 5.41) is 12.5. The predicted octanol–water partition coefficient (Wildman–Crippen LogP) is 9.09. The first-order chi connectivity index (χ1) is 26.6. The van der Waals surface area contributed by atoms with E-state index in [-0.39, 0.29) is 53.9 Å². The number of aliphatic hydroxyl groups is 1. The van der Waals surface area contributed by atoms with Crippen molar-refractivity contribution in [1.82, 2.24) is 15.2 Å². The van der Waals surface area contributed by atoms with Crippen molar-refractivity contribution < 1.29 is 60.0 Å². The minimum absolute atomic E-state index is 0.00559. The number of pyridine rings is 1. The van der Waals surface area contributed by atoms with E-state index in [1.807, 2.05) is 26.0 Å². The van der Waals surface area contributed by atoms with Gasteiger partial charge in [0, 0.05) is 29.8 Å². The van der Waals surface area contributed by atoms with Crippen LogP contribution in [0.1, 0.15) is 74.5 Å². The third-order valence-corrected chi connectivity index (χ3v) is 8.43. The highest BCUT2D eigenvalue weighted by molar-refractivity contribution is 6.06. The van der Waals surface area contributed by atoms with Gasteiger partial charge in [0.15, 0.2) is 5.78 Å². The van der Waals surface area contributed by atoms with Gasteiger partial charge in [0.25, 0.3) is 5.60 Å². The Labute approximate surface area is 325 Å². The van der Waals surface area contributed by atoms with Gasteiger partial charge in [0.2, 0.25) is 5.91 Å². The maximum absolute atomic E-state index is 13.5. The molecule has 3 amide bonds. The van der Waals surface area contributed by atoms with Crippen molar-refractivity contribution in [1.29, 1.82) is 0 Å². The molecular formula is C41H43F6N3O7. The van der Waals surface area contributed by atoms with E-state index in [1.165, 1.54) is 18.2 Å². The van der Waals surface area contributed by atoms with Crippen molar-refractivity contribution in [3.8, 4) is 23.0 Å². The van der Waals surface area contributed by atoms with Gasteiger partial charge in [0.05, 0.1) is 24.4 Å². The number of carbonyl (C=O) groups excluding carboxylic acids is 3. The average Bonchev–Trinajstić information content (AvgIpc) is 3.12. The molecule has 0 aliphatic carbocycles. The van der Waals surface area contributed by atoms with Crippen molar-refractivity contribution in [3.05, 3.63) is 114 Å². The van der Waals surface area contributed by atoms with Gasteiger partial charge in [-0.1, -0.05) is 49.7 Å². The number of amides is 3. The van der Waals surface area contributed by atoms with Gasteiger partial charge in [0.1, 0.15) is 29.6 Å². The number of hydrogen-bond donors (Lipinski definition) is 2. The Morgan fingerprint density at radius 2 is 1.60 bits per heavy atom. The Hall–Kier alpha value is -5.64. The maximum Gasteiger partial charge on any atom is 0.430 e. The van der Waals surface area contributed by atoms with Crippen LogP contribution >= 0.6 is 0 Å². The molecule has 0 bridgehead atoms. The molecule has 4 aromatic rings. The number of ether oxygens (including phenoxy) is 3. The van der Waals surface area contributed by atoms with E-state index in [0.717, 1.165) is 22.3 Å². The van der Waals surface area contributed by atoms with Crippen molar-refractivity contribution in [2.75, 3.05) is 6.54 Å². The van der Waals surface area contributed by atoms with Crippen molar-refractivity contribution in [2.45, 2.75) is 90.1 Å². The molecule has 0 atom stereocenters. The van der Waals surface area contributed by atoms with Crippen molar-refractivity contribution in [3.63, 3.8) is 0 Å². The topological polar surface area (TPSA) is 127 Å². The van der Waals surface area contributed by atoms with E-state index in [9.17, 15) is 45.8 Å². The highest BCUT2D eigenvalue weighted by Crippen LogP contribution is 2.50. The first kappa shape index (κ1) is 44.1. The molecule has 16 heteroatoms. The van der Waals surface area contributed by atoms with E-state index in [1.54, 1.807) is 63.5 Å². The number of aryl methyl sites for hydroxylation is 1. The van der Waals surface area contributed by atoms with E-state index in [2.05, 4.69) is 10.3 Å². The number of hydrogen-bond acceptors (Lipinski definition) is 8. The van der Waals surface area contributed by atoms with E-state index in [4.69, 9.17) is 14.2 Å². The minimum Gasteiger partial charge on any atom is -0.489 e. The Bertz CT molecular complexity index is 1970. The lowest BCUT2D eigenvalue weighted by Crippen LogP contribution is -2.60. The van der Waals surface area contributed by atoms with Gasteiger partial charge in [-0.25, -0.2) is 4.79 Å². The molecule has 1 aromatic heterocycles. The number of imide groups is 1. The molecule has 1 aliphatic rings. The maximum atomic E-state index is 13.5. The second kappa shape index (κ2) is 18.1. The summed E-state index contributed by atoms with van der Waals surface area (Å²) < 4.78 is 98.3. The molecule has 1 aliphatic heterocycles. The number of aromatic nitrogens is 1. The smallest absolute Gasteiger partial charge is 0.430 e. The number of alkyl halides is 6. The van der Waals surface area contributed by atoms with Crippen LogP contribution in [0.5, 0.6) is 23.0 Å². The molecule has 0 unspecified atom stereocenters. The molecule has 0 spiro atoms.